The van der Waals surface area contributed by atoms with Crippen LogP contribution in [0, 0.1) is 0 Å². The summed E-state index contributed by atoms with van der Waals surface area (Å²) in [7, 11) is 1.72. The predicted molar refractivity (Wildman–Crippen MR) is 260 cm³/mol. The number of hydrogen-bond acceptors (Lipinski definition) is 13. The van der Waals surface area contributed by atoms with Crippen LogP contribution in [0.15, 0.2) is 72.8 Å². The fourth-order valence-electron chi connectivity index (χ4n) is 7.34. The lowest BCUT2D eigenvalue weighted by Gasteiger charge is -2.19. The maximum absolute atomic E-state index is 12.6. The van der Waals surface area contributed by atoms with Crippen molar-refractivity contribution >= 4 is 6.09 Å². The largest absolute Gasteiger partial charge is 0.491 e. The van der Waals surface area contributed by atoms with Crippen molar-refractivity contribution in [1.29, 1.82) is 0 Å². The lowest BCUT2D eigenvalue weighted by Crippen LogP contribution is -2.32. The van der Waals surface area contributed by atoms with Crippen LogP contribution in [0.1, 0.15) is 74.5 Å². The molecule has 0 aliphatic heterocycles. The van der Waals surface area contributed by atoms with Gasteiger partial charge >= 0.3 is 6.09 Å². The van der Waals surface area contributed by atoms with Gasteiger partial charge in [0.25, 0.3) is 0 Å². The number of carbonyl (C=O) groups excluding carboxylic acids is 1. The van der Waals surface area contributed by atoms with Gasteiger partial charge in [-0.25, -0.2) is 4.79 Å². The number of nitrogens with zero attached hydrogens (tertiary/aromatic N) is 1. The first-order valence-electron chi connectivity index (χ1n) is 24.7. The predicted octanol–water partition coefficient (Wildman–Crippen LogP) is 8.41. The normalized spacial score (nSPS) is 12.1. The van der Waals surface area contributed by atoms with Crippen LogP contribution >= 0.6 is 0 Å². The second-order valence-corrected chi connectivity index (χ2v) is 16.2. The van der Waals surface area contributed by atoms with Crippen LogP contribution < -0.4 is 4.74 Å². The molecule has 3 aromatic rings. The summed E-state index contributed by atoms with van der Waals surface area (Å²) in [5.74, 6) is 0.919. The van der Waals surface area contributed by atoms with E-state index in [1.807, 2.05) is 24.3 Å². The van der Waals surface area contributed by atoms with E-state index >= 15 is 0 Å². The molecule has 0 heterocycles. The van der Waals surface area contributed by atoms with Crippen LogP contribution in [-0.2, 0) is 58.5 Å². The Morgan fingerprint density at radius 3 is 1.25 bits per heavy atom. The summed E-state index contributed by atoms with van der Waals surface area (Å²) in [6.07, 6.45) is 10.1. The molecule has 1 aliphatic rings. The van der Waals surface area contributed by atoms with Crippen molar-refractivity contribution in [2.24, 2.45) is 0 Å². The van der Waals surface area contributed by atoms with Gasteiger partial charge < -0.3 is 61.7 Å². The van der Waals surface area contributed by atoms with Gasteiger partial charge in [0, 0.05) is 19.5 Å². The molecule has 3 aromatic carbocycles. The van der Waals surface area contributed by atoms with E-state index < -0.39 is 0 Å². The maximum atomic E-state index is 12.6. The molecule has 1 amide bonds. The number of hydrogen-bond donors (Lipinski definition) is 0. The van der Waals surface area contributed by atoms with Crippen molar-refractivity contribution in [3.05, 3.63) is 89.5 Å². The summed E-state index contributed by atoms with van der Waals surface area (Å²) in [4.78, 5) is 14.2. The second kappa shape index (κ2) is 38.2. The van der Waals surface area contributed by atoms with Gasteiger partial charge in [-0.1, -0.05) is 106 Å². The van der Waals surface area contributed by atoms with Gasteiger partial charge in [-0.15, -0.1) is 0 Å². The highest BCUT2D eigenvalue weighted by atomic mass is 16.6. The number of aryl methyl sites for hydroxylation is 1. The summed E-state index contributed by atoms with van der Waals surface area (Å²) in [6, 6.07) is 25.0. The van der Waals surface area contributed by atoms with Crippen LogP contribution in [0.2, 0.25) is 0 Å². The highest BCUT2D eigenvalue weighted by Crippen LogP contribution is 2.44. The summed E-state index contributed by atoms with van der Waals surface area (Å²) < 4.78 is 67.1. The highest BCUT2D eigenvalue weighted by Gasteiger charge is 2.29. The summed E-state index contributed by atoms with van der Waals surface area (Å²) in [5, 5.41) is 0. The van der Waals surface area contributed by atoms with Crippen LogP contribution in [0.4, 0.5) is 4.79 Å². The Balaban J connectivity index is 0.779. The summed E-state index contributed by atoms with van der Waals surface area (Å²) in [5.41, 5.74) is 6.17. The Labute approximate surface area is 401 Å². The van der Waals surface area contributed by atoms with Crippen LogP contribution in [0.25, 0.3) is 11.1 Å². The standard InChI is InChI=1S/C53H81NO13/c1-3-4-5-6-7-8-9-14-46-19-21-47(22-20-46)66-44-43-65-42-41-64-40-39-63-38-37-62-36-35-61-34-33-60-32-31-59-30-29-58-28-27-57-26-25-56-24-23-54(2)53(55)67-45-52-50-17-12-10-15-48(50)49-16-11-13-18-51(49)52/h10-13,15-22,52H,3-9,14,23-45H2,1-2H3. The number of benzene rings is 3. The minimum absolute atomic E-state index is 0.0366. The Kier molecular flexibility index (Phi) is 31.9. The number of likely N-dealkylation sites (N-methyl/N-ethyl adjacent to an activating group) is 1. The molecule has 0 radical (unpaired) electrons. The van der Waals surface area contributed by atoms with Gasteiger partial charge in [-0.05, 0) is 52.8 Å². The molecule has 4 rings (SSSR count). The molecule has 0 spiro atoms. The molecular formula is C53H81NO13. The quantitative estimate of drug-likeness (QED) is 0.0504. The van der Waals surface area contributed by atoms with Crippen molar-refractivity contribution in [2.45, 2.75) is 64.2 Å². The van der Waals surface area contributed by atoms with Crippen LogP contribution in [0.5, 0.6) is 5.75 Å². The number of rotatable bonds is 44. The topological polar surface area (TPSA) is 131 Å². The number of ether oxygens (including phenoxy) is 12. The monoisotopic (exact) mass is 940 g/mol. The Bertz CT molecular complexity index is 1600. The van der Waals surface area contributed by atoms with Crippen molar-refractivity contribution in [3.63, 3.8) is 0 Å². The van der Waals surface area contributed by atoms with E-state index in [2.05, 4.69) is 55.5 Å². The van der Waals surface area contributed by atoms with E-state index in [0.29, 0.717) is 152 Å². The lowest BCUT2D eigenvalue weighted by atomic mass is 9.98. The van der Waals surface area contributed by atoms with E-state index in [1.165, 1.54) is 77.7 Å². The average molecular weight is 940 g/mol. The third kappa shape index (κ3) is 25.5. The highest BCUT2D eigenvalue weighted by molar-refractivity contribution is 5.79. The zero-order valence-corrected chi connectivity index (χ0v) is 40.7. The SMILES string of the molecule is CCCCCCCCCc1ccc(OCCOCCOCCOCCOCCOCCOCCOCCOCCOCCOCCN(C)C(=O)OCC2c3ccccc3-c3ccccc32)cc1. The molecule has 0 bridgehead atoms. The molecule has 14 heteroatoms. The van der Waals surface area contributed by atoms with E-state index in [-0.39, 0.29) is 12.0 Å². The molecule has 0 unspecified atom stereocenters. The summed E-state index contributed by atoms with van der Waals surface area (Å²) >= 11 is 0. The van der Waals surface area contributed by atoms with Gasteiger partial charge in [-0.2, -0.15) is 0 Å². The van der Waals surface area contributed by atoms with Crippen molar-refractivity contribution in [3.8, 4) is 16.9 Å². The van der Waals surface area contributed by atoms with Gasteiger partial charge in [0.2, 0.25) is 0 Å². The van der Waals surface area contributed by atoms with E-state index in [9.17, 15) is 4.79 Å². The second-order valence-electron chi connectivity index (χ2n) is 16.2. The molecule has 0 atom stereocenters. The first-order chi connectivity index (χ1) is 33.2. The van der Waals surface area contributed by atoms with E-state index in [4.69, 9.17) is 56.8 Å². The third-order valence-corrected chi connectivity index (χ3v) is 11.1. The zero-order valence-electron chi connectivity index (χ0n) is 40.7. The van der Waals surface area contributed by atoms with E-state index in [1.54, 1.807) is 7.05 Å². The zero-order chi connectivity index (χ0) is 47.1. The Morgan fingerprint density at radius 2 is 0.821 bits per heavy atom. The minimum Gasteiger partial charge on any atom is -0.491 e. The molecule has 0 saturated carbocycles. The minimum atomic E-state index is -0.364. The lowest BCUT2D eigenvalue weighted by molar-refractivity contribution is -0.0268. The first-order valence-corrected chi connectivity index (χ1v) is 24.7. The number of amides is 1. The molecular weight excluding hydrogens is 859 g/mol. The average Bonchev–Trinajstić information content (AvgIpc) is 3.67. The fraction of sp³-hybridized carbons (Fsp3) is 0.642. The van der Waals surface area contributed by atoms with Gasteiger partial charge in [0.1, 0.15) is 19.0 Å². The smallest absolute Gasteiger partial charge is 0.409 e. The maximum Gasteiger partial charge on any atom is 0.409 e. The Hall–Kier alpha value is -3.67. The number of unbranched alkanes of at least 4 members (excludes halogenated alkanes) is 6. The first kappa shape index (κ1) is 55.9. The molecule has 0 fully saturated rings. The number of carbonyl (C=O) groups is 1. The van der Waals surface area contributed by atoms with Crippen LogP contribution in [0.3, 0.4) is 0 Å². The summed E-state index contributed by atoms with van der Waals surface area (Å²) in [6.45, 7) is 13.2. The molecule has 376 valence electrons. The number of fused-ring (bicyclic) bond motifs is 3. The third-order valence-electron chi connectivity index (χ3n) is 11.1. The van der Waals surface area contributed by atoms with Gasteiger partial charge in [0.15, 0.2) is 0 Å². The van der Waals surface area contributed by atoms with E-state index in [0.717, 1.165) is 12.2 Å². The molecule has 0 aromatic heterocycles. The van der Waals surface area contributed by atoms with Crippen molar-refractivity contribution in [2.75, 3.05) is 159 Å². The van der Waals surface area contributed by atoms with Crippen molar-refractivity contribution in [1.82, 2.24) is 4.90 Å². The molecule has 1 aliphatic carbocycles. The van der Waals surface area contributed by atoms with Crippen LogP contribution in [-0.4, -0.2) is 170 Å². The Morgan fingerprint density at radius 1 is 0.448 bits per heavy atom. The fourth-order valence-corrected chi connectivity index (χ4v) is 7.34. The van der Waals surface area contributed by atoms with Gasteiger partial charge in [-0.3, -0.25) is 0 Å². The molecule has 0 saturated heterocycles. The molecule has 14 nitrogen and oxygen atoms in total. The molecule has 67 heavy (non-hydrogen) atoms. The molecule has 0 N–H and O–H groups in total. The van der Waals surface area contributed by atoms with Crippen molar-refractivity contribution < 1.29 is 61.6 Å². The van der Waals surface area contributed by atoms with Gasteiger partial charge in [0.05, 0.1) is 132 Å².